The summed E-state index contributed by atoms with van der Waals surface area (Å²) in [5.74, 6) is -4.30. The van der Waals surface area contributed by atoms with Gasteiger partial charge in [0.15, 0.2) is 6.10 Å². The van der Waals surface area contributed by atoms with E-state index in [0.717, 1.165) is 6.20 Å². The van der Waals surface area contributed by atoms with Crippen molar-refractivity contribution in [2.75, 3.05) is 12.3 Å². The lowest BCUT2D eigenvalue weighted by atomic mass is 10.1. The second-order valence-corrected chi connectivity index (χ2v) is 4.68. The summed E-state index contributed by atoms with van der Waals surface area (Å²) in [7, 11) is 0. The Bertz CT molecular complexity index is 570. The summed E-state index contributed by atoms with van der Waals surface area (Å²) in [6.07, 6.45) is -5.36. The zero-order chi connectivity index (χ0) is 15.1. The molecule has 1 aromatic heterocycles. The van der Waals surface area contributed by atoms with E-state index in [9.17, 15) is 22.6 Å². The van der Waals surface area contributed by atoms with Crippen LogP contribution in [0.3, 0.4) is 0 Å². The predicted octanol–water partition coefficient (Wildman–Crippen LogP) is -0.312. The van der Waals surface area contributed by atoms with Crippen molar-refractivity contribution in [1.82, 2.24) is 9.55 Å². The number of rotatable bonds is 3. The Morgan fingerprint density at radius 2 is 2.25 bits per heavy atom. The lowest BCUT2D eigenvalue weighted by molar-refractivity contribution is -0.141. The number of nitrogens with zero attached hydrogens (tertiary/aromatic N) is 2. The molecular formula is C9H10F3N3O4S. The number of nitrogen functional groups attached to an aromatic ring is 1. The Labute approximate surface area is 114 Å². The minimum atomic E-state index is -3.85. The average molecular weight is 313 g/mol. The maximum absolute atomic E-state index is 13.8. The van der Waals surface area contributed by atoms with Crippen molar-refractivity contribution in [3.63, 3.8) is 0 Å². The van der Waals surface area contributed by atoms with E-state index in [1.54, 1.807) is 0 Å². The molecule has 1 aliphatic heterocycles. The van der Waals surface area contributed by atoms with Crippen LogP contribution in [0.2, 0.25) is 0 Å². The van der Waals surface area contributed by atoms with E-state index in [1.807, 2.05) is 0 Å². The average Bonchev–Trinajstić information content (AvgIpc) is 2.62. The molecule has 1 aliphatic rings. The maximum atomic E-state index is 13.8. The van der Waals surface area contributed by atoms with Gasteiger partial charge in [0.25, 0.3) is 0 Å². The number of aromatic nitrogens is 2. The fourth-order valence-electron chi connectivity index (χ4n) is 1.81. The van der Waals surface area contributed by atoms with Crippen LogP contribution in [0.1, 0.15) is 6.23 Å². The normalized spacial score (nSPS) is 28.8. The molecule has 0 amide bonds. The molecular weight excluding hydrogens is 303 g/mol. The summed E-state index contributed by atoms with van der Waals surface area (Å²) in [5.41, 5.74) is 4.06. The third-order valence-electron chi connectivity index (χ3n) is 2.84. The van der Waals surface area contributed by atoms with Crippen LogP contribution in [0.4, 0.5) is 18.5 Å². The minimum absolute atomic E-state index is 0.331. The molecule has 0 spiro atoms. The number of aliphatic hydroxyl groups excluding tert-OH is 2. The van der Waals surface area contributed by atoms with Crippen LogP contribution < -0.4 is 11.4 Å². The molecule has 1 aromatic rings. The lowest BCUT2D eigenvalue weighted by Crippen LogP contribution is -2.42. The van der Waals surface area contributed by atoms with Crippen LogP contribution >= 0.6 is 12.1 Å². The molecule has 4 N–H and O–H groups in total. The van der Waals surface area contributed by atoms with Crippen LogP contribution in [-0.4, -0.2) is 44.5 Å². The van der Waals surface area contributed by atoms with Crippen molar-refractivity contribution in [3.8, 4) is 0 Å². The first-order valence-corrected chi connectivity index (χ1v) is 6.04. The van der Waals surface area contributed by atoms with Gasteiger partial charge in [0.05, 0.1) is 23.7 Å². The van der Waals surface area contributed by atoms with Crippen molar-refractivity contribution in [2.24, 2.45) is 0 Å². The van der Waals surface area contributed by atoms with Gasteiger partial charge in [-0.05, 0) is 0 Å². The number of anilines is 1. The summed E-state index contributed by atoms with van der Waals surface area (Å²) >= 11 is -0.375. The quantitative estimate of drug-likeness (QED) is 0.702. The molecule has 3 unspecified atom stereocenters. The van der Waals surface area contributed by atoms with E-state index in [2.05, 4.69) is 4.98 Å². The topological polar surface area (TPSA) is 111 Å². The number of nitrogens with two attached hydrogens (primary N) is 1. The van der Waals surface area contributed by atoms with Crippen molar-refractivity contribution in [3.05, 3.63) is 16.7 Å². The molecule has 11 heteroatoms. The zero-order valence-corrected chi connectivity index (χ0v) is 10.6. The summed E-state index contributed by atoms with van der Waals surface area (Å²) in [4.78, 5) is 14.4. The number of aliphatic hydroxyl groups is 2. The number of ether oxygens (including phenoxy) is 1. The molecule has 7 nitrogen and oxygen atoms in total. The molecule has 0 aromatic carbocycles. The number of hydrogen-bond acceptors (Lipinski definition) is 7. The van der Waals surface area contributed by atoms with Crippen molar-refractivity contribution in [1.29, 1.82) is 0 Å². The van der Waals surface area contributed by atoms with Gasteiger partial charge in [0.2, 0.25) is 6.23 Å². The number of alkyl halides is 2. The molecule has 20 heavy (non-hydrogen) atoms. The van der Waals surface area contributed by atoms with Gasteiger partial charge in [-0.1, -0.05) is 0 Å². The van der Waals surface area contributed by atoms with E-state index >= 15 is 0 Å². The van der Waals surface area contributed by atoms with Crippen LogP contribution in [0.15, 0.2) is 15.9 Å². The van der Waals surface area contributed by atoms with Gasteiger partial charge < -0.3 is 20.7 Å². The third-order valence-corrected chi connectivity index (χ3v) is 3.32. The van der Waals surface area contributed by atoms with E-state index in [4.69, 9.17) is 15.6 Å². The monoisotopic (exact) mass is 313 g/mol. The molecule has 0 bridgehead atoms. The van der Waals surface area contributed by atoms with Crippen LogP contribution in [-0.2, 0) is 4.74 Å². The number of halogens is 3. The fourth-order valence-corrected chi connectivity index (χ4v) is 2.09. The van der Waals surface area contributed by atoms with Gasteiger partial charge in [-0.15, -0.1) is 0 Å². The van der Waals surface area contributed by atoms with Crippen LogP contribution in [0.5, 0.6) is 0 Å². The maximum Gasteiger partial charge on any atom is 0.351 e. The van der Waals surface area contributed by atoms with Gasteiger partial charge in [0.1, 0.15) is 11.9 Å². The summed E-state index contributed by atoms with van der Waals surface area (Å²) in [6.45, 7) is -0.866. The SMILES string of the molecule is Nc1nc(=O)n(C2OC(CO)C(O)C2(F)F)cc1SF. The van der Waals surface area contributed by atoms with Gasteiger partial charge in [-0.25, -0.2) is 4.79 Å². The van der Waals surface area contributed by atoms with E-state index in [-0.39, 0.29) is 17.0 Å². The molecule has 0 radical (unpaired) electrons. The molecule has 0 saturated carbocycles. The van der Waals surface area contributed by atoms with Crippen molar-refractivity contribution in [2.45, 2.75) is 29.3 Å². The second kappa shape index (κ2) is 5.24. The highest BCUT2D eigenvalue weighted by Gasteiger charge is 2.59. The largest absolute Gasteiger partial charge is 0.394 e. The first-order valence-electron chi connectivity index (χ1n) is 5.32. The summed E-state index contributed by atoms with van der Waals surface area (Å²) in [5, 5.41) is 18.2. The Morgan fingerprint density at radius 1 is 1.60 bits per heavy atom. The van der Waals surface area contributed by atoms with Gasteiger partial charge in [-0.3, -0.25) is 4.57 Å². The Hall–Kier alpha value is -1.30. The highest BCUT2D eigenvalue weighted by molar-refractivity contribution is 7.94. The molecule has 1 saturated heterocycles. The summed E-state index contributed by atoms with van der Waals surface area (Å²) < 4.78 is 45.3. The fraction of sp³-hybridized carbons (Fsp3) is 0.556. The standard InChI is InChI=1S/C9H10F3N3O4S/c10-9(11)5(17)3(2-16)19-7(9)15-1-4(20-12)6(13)14-8(15)18/h1,3,5,7,16-17H,2H2,(H2,13,14,18). The Morgan fingerprint density at radius 3 is 2.75 bits per heavy atom. The first kappa shape index (κ1) is 15.1. The van der Waals surface area contributed by atoms with Gasteiger partial charge in [0, 0.05) is 6.20 Å². The highest BCUT2D eigenvalue weighted by Crippen LogP contribution is 2.42. The zero-order valence-electron chi connectivity index (χ0n) is 9.74. The smallest absolute Gasteiger partial charge is 0.351 e. The van der Waals surface area contributed by atoms with E-state index in [0.29, 0.717) is 4.57 Å². The van der Waals surface area contributed by atoms with E-state index < -0.39 is 42.5 Å². The van der Waals surface area contributed by atoms with Crippen LogP contribution in [0, 0.1) is 0 Å². The molecule has 1 fully saturated rings. The van der Waals surface area contributed by atoms with Crippen LogP contribution in [0.25, 0.3) is 0 Å². The number of hydrogen-bond donors (Lipinski definition) is 3. The molecule has 2 heterocycles. The van der Waals surface area contributed by atoms with E-state index in [1.165, 1.54) is 0 Å². The molecule has 112 valence electrons. The van der Waals surface area contributed by atoms with Crippen molar-refractivity contribution >= 4 is 18.0 Å². The lowest BCUT2D eigenvalue weighted by Gasteiger charge is -2.21. The molecule has 2 rings (SSSR count). The van der Waals surface area contributed by atoms with Gasteiger partial charge in [-0.2, -0.15) is 17.7 Å². The first-order chi connectivity index (χ1) is 9.32. The van der Waals surface area contributed by atoms with Crippen molar-refractivity contribution < 1.29 is 27.6 Å². The molecule has 3 atom stereocenters. The second-order valence-electron chi connectivity index (χ2n) is 4.09. The predicted molar refractivity (Wildman–Crippen MR) is 61.8 cm³/mol. The molecule has 0 aliphatic carbocycles. The summed E-state index contributed by atoms with van der Waals surface area (Å²) in [6, 6.07) is 0. The van der Waals surface area contributed by atoms with Gasteiger partial charge >= 0.3 is 11.6 Å². The minimum Gasteiger partial charge on any atom is -0.394 e. The Balaban J connectivity index is 2.49. The third kappa shape index (κ3) is 2.26. The highest BCUT2D eigenvalue weighted by atomic mass is 32.2. The Kier molecular flexibility index (Phi) is 3.95.